The second kappa shape index (κ2) is 11.1. The zero-order valence-corrected chi connectivity index (χ0v) is 22.3. The SMILES string of the molecule is CCOc1ccc(-n2c(SCC(=O)N3c4ccccc4CCc4ccccc43)nnc2-c2ccncc2)cc1. The molecule has 0 N–H and O–H groups in total. The molecule has 1 amide bonds. The maximum Gasteiger partial charge on any atom is 0.242 e. The van der Waals surface area contributed by atoms with Crippen LogP contribution in [0.4, 0.5) is 11.4 Å². The third-order valence-corrected chi connectivity index (χ3v) is 7.59. The molecule has 0 saturated heterocycles. The van der Waals surface area contributed by atoms with Crippen molar-refractivity contribution in [2.24, 2.45) is 0 Å². The van der Waals surface area contributed by atoms with Crippen molar-refractivity contribution in [3.8, 4) is 22.8 Å². The van der Waals surface area contributed by atoms with Gasteiger partial charge in [0.05, 0.1) is 23.7 Å². The van der Waals surface area contributed by atoms with Crippen molar-refractivity contribution in [2.45, 2.75) is 24.9 Å². The summed E-state index contributed by atoms with van der Waals surface area (Å²) in [5.74, 6) is 1.67. The Balaban J connectivity index is 1.34. The number of carbonyl (C=O) groups is 1. The van der Waals surface area contributed by atoms with Crippen molar-refractivity contribution in [3.05, 3.63) is 108 Å². The highest BCUT2D eigenvalue weighted by atomic mass is 32.2. The molecule has 0 bridgehead atoms. The van der Waals surface area contributed by atoms with Crippen LogP contribution in [0.15, 0.2) is 102 Å². The number of pyridine rings is 1. The summed E-state index contributed by atoms with van der Waals surface area (Å²) in [6, 6.07) is 28.0. The van der Waals surface area contributed by atoms with E-state index in [1.165, 1.54) is 22.9 Å². The van der Waals surface area contributed by atoms with E-state index in [2.05, 4.69) is 27.3 Å². The quantitative estimate of drug-likeness (QED) is 0.229. The number of benzene rings is 3. The van der Waals surface area contributed by atoms with Gasteiger partial charge in [-0.15, -0.1) is 10.2 Å². The Hall–Kier alpha value is -4.43. The molecule has 1 aliphatic rings. The molecule has 3 heterocycles. The molecule has 1 aliphatic heterocycles. The average molecular weight is 534 g/mol. The van der Waals surface area contributed by atoms with E-state index in [-0.39, 0.29) is 11.7 Å². The van der Waals surface area contributed by atoms with Crippen LogP contribution < -0.4 is 9.64 Å². The van der Waals surface area contributed by atoms with Gasteiger partial charge in [-0.05, 0) is 79.4 Å². The molecule has 0 aliphatic carbocycles. The number of ether oxygens (including phenoxy) is 1. The third-order valence-electron chi connectivity index (χ3n) is 6.68. The molecule has 5 aromatic rings. The van der Waals surface area contributed by atoms with E-state index >= 15 is 0 Å². The van der Waals surface area contributed by atoms with E-state index in [0.29, 0.717) is 17.6 Å². The fourth-order valence-corrected chi connectivity index (χ4v) is 5.68. The van der Waals surface area contributed by atoms with Crippen molar-refractivity contribution in [1.29, 1.82) is 0 Å². The fraction of sp³-hybridized carbons (Fsp3) is 0.161. The van der Waals surface area contributed by atoms with Crippen LogP contribution >= 0.6 is 11.8 Å². The van der Waals surface area contributed by atoms with Crippen LogP contribution in [-0.4, -0.2) is 38.0 Å². The molecular weight excluding hydrogens is 506 g/mol. The maximum absolute atomic E-state index is 13.9. The number of amides is 1. The van der Waals surface area contributed by atoms with Crippen molar-refractivity contribution in [3.63, 3.8) is 0 Å². The smallest absolute Gasteiger partial charge is 0.242 e. The lowest BCUT2D eigenvalue weighted by molar-refractivity contribution is -0.115. The van der Waals surface area contributed by atoms with E-state index in [1.807, 2.05) is 89.2 Å². The molecule has 0 spiro atoms. The third kappa shape index (κ3) is 5.03. The summed E-state index contributed by atoms with van der Waals surface area (Å²) in [7, 11) is 0. The normalized spacial score (nSPS) is 12.4. The van der Waals surface area contributed by atoms with Crippen LogP contribution in [0.5, 0.6) is 5.75 Å². The number of aromatic nitrogens is 4. The van der Waals surface area contributed by atoms with E-state index < -0.39 is 0 Å². The van der Waals surface area contributed by atoms with E-state index in [1.54, 1.807) is 12.4 Å². The van der Waals surface area contributed by atoms with Gasteiger partial charge in [0.25, 0.3) is 0 Å². The van der Waals surface area contributed by atoms with Crippen molar-refractivity contribution in [2.75, 3.05) is 17.3 Å². The summed E-state index contributed by atoms with van der Waals surface area (Å²) in [6.45, 7) is 2.56. The average Bonchev–Trinajstić information content (AvgIpc) is 3.33. The van der Waals surface area contributed by atoms with Gasteiger partial charge in [-0.25, -0.2) is 0 Å². The van der Waals surface area contributed by atoms with Crippen LogP contribution in [0, 0.1) is 0 Å². The molecule has 0 unspecified atom stereocenters. The van der Waals surface area contributed by atoms with Crippen LogP contribution in [0.1, 0.15) is 18.1 Å². The molecule has 0 atom stereocenters. The van der Waals surface area contributed by atoms with Gasteiger partial charge in [0.2, 0.25) is 5.91 Å². The van der Waals surface area contributed by atoms with Crippen molar-refractivity contribution >= 4 is 29.0 Å². The number of nitrogens with zero attached hydrogens (tertiary/aromatic N) is 5. The standard InChI is InChI=1S/C31H27N5O2S/c1-2-38-26-15-13-25(14-16-26)35-30(24-17-19-32-20-18-24)33-34-31(35)39-21-29(37)36-27-9-5-3-7-22(27)11-12-23-8-4-6-10-28(23)36/h3-10,13-20H,2,11-12,21H2,1H3. The first kappa shape index (κ1) is 24.9. The summed E-state index contributed by atoms with van der Waals surface area (Å²) < 4.78 is 7.61. The van der Waals surface area contributed by atoms with Gasteiger partial charge in [0, 0.05) is 23.6 Å². The number of anilines is 2. The summed E-state index contributed by atoms with van der Waals surface area (Å²) in [5, 5.41) is 9.65. The topological polar surface area (TPSA) is 73.1 Å². The number of fused-ring (bicyclic) bond motifs is 2. The Morgan fingerprint density at radius 3 is 2.13 bits per heavy atom. The maximum atomic E-state index is 13.9. The molecule has 8 heteroatoms. The van der Waals surface area contributed by atoms with E-state index in [4.69, 9.17) is 4.74 Å². The minimum atomic E-state index is -0.00601. The zero-order chi connectivity index (χ0) is 26.6. The molecule has 2 aromatic heterocycles. The molecular formula is C31H27N5O2S. The predicted molar refractivity (Wildman–Crippen MR) is 154 cm³/mol. The largest absolute Gasteiger partial charge is 0.494 e. The lowest BCUT2D eigenvalue weighted by Gasteiger charge is -2.25. The lowest BCUT2D eigenvalue weighted by Crippen LogP contribution is -2.28. The molecule has 0 saturated carbocycles. The lowest BCUT2D eigenvalue weighted by atomic mass is 10.0. The minimum absolute atomic E-state index is 0.00601. The first-order valence-electron chi connectivity index (χ1n) is 12.9. The first-order chi connectivity index (χ1) is 19.2. The van der Waals surface area contributed by atoms with Crippen LogP contribution in [-0.2, 0) is 17.6 Å². The Bertz CT molecular complexity index is 1550. The van der Waals surface area contributed by atoms with Gasteiger partial charge in [-0.2, -0.15) is 0 Å². The highest BCUT2D eigenvalue weighted by molar-refractivity contribution is 7.99. The summed E-state index contributed by atoms with van der Waals surface area (Å²) in [5.41, 5.74) is 6.00. The Morgan fingerprint density at radius 1 is 0.846 bits per heavy atom. The van der Waals surface area contributed by atoms with Crippen LogP contribution in [0.3, 0.4) is 0 Å². The van der Waals surface area contributed by atoms with Gasteiger partial charge in [-0.3, -0.25) is 19.2 Å². The highest BCUT2D eigenvalue weighted by Gasteiger charge is 2.26. The zero-order valence-electron chi connectivity index (χ0n) is 21.5. The summed E-state index contributed by atoms with van der Waals surface area (Å²) in [6.07, 6.45) is 5.26. The van der Waals surface area contributed by atoms with Crippen LogP contribution in [0.25, 0.3) is 17.1 Å². The molecule has 3 aromatic carbocycles. The van der Waals surface area contributed by atoms with Gasteiger partial charge in [-0.1, -0.05) is 48.2 Å². The molecule has 39 heavy (non-hydrogen) atoms. The minimum Gasteiger partial charge on any atom is -0.494 e. The molecule has 0 fully saturated rings. The number of hydrogen-bond acceptors (Lipinski definition) is 6. The van der Waals surface area contributed by atoms with Gasteiger partial charge >= 0.3 is 0 Å². The van der Waals surface area contributed by atoms with Gasteiger partial charge < -0.3 is 4.74 Å². The fourth-order valence-electron chi connectivity index (χ4n) is 4.88. The number of rotatable bonds is 7. The number of hydrogen-bond donors (Lipinski definition) is 0. The predicted octanol–water partition coefficient (Wildman–Crippen LogP) is 6.28. The molecule has 194 valence electrons. The molecule has 0 radical (unpaired) electrons. The molecule has 7 nitrogen and oxygen atoms in total. The van der Waals surface area contributed by atoms with Crippen molar-refractivity contribution in [1.82, 2.24) is 19.7 Å². The van der Waals surface area contributed by atoms with E-state index in [9.17, 15) is 4.79 Å². The monoisotopic (exact) mass is 533 g/mol. The van der Waals surface area contributed by atoms with Crippen LogP contribution in [0.2, 0.25) is 0 Å². The second-order valence-electron chi connectivity index (χ2n) is 9.08. The number of aryl methyl sites for hydroxylation is 2. The summed E-state index contributed by atoms with van der Waals surface area (Å²) >= 11 is 1.38. The summed E-state index contributed by atoms with van der Waals surface area (Å²) in [4.78, 5) is 19.9. The second-order valence-corrected chi connectivity index (χ2v) is 10.0. The van der Waals surface area contributed by atoms with E-state index in [0.717, 1.165) is 41.2 Å². The number of carbonyl (C=O) groups excluding carboxylic acids is 1. The van der Waals surface area contributed by atoms with Crippen molar-refractivity contribution < 1.29 is 9.53 Å². The highest BCUT2D eigenvalue weighted by Crippen LogP contribution is 2.37. The van der Waals surface area contributed by atoms with Gasteiger partial charge in [0.15, 0.2) is 11.0 Å². The Morgan fingerprint density at radius 2 is 1.49 bits per heavy atom. The molecule has 6 rings (SSSR count). The Kier molecular flexibility index (Phi) is 7.10. The number of thioether (sulfide) groups is 1. The first-order valence-corrected chi connectivity index (χ1v) is 13.9. The van der Waals surface area contributed by atoms with Gasteiger partial charge in [0.1, 0.15) is 5.75 Å². The Labute approximate surface area is 231 Å². The number of para-hydroxylation sites is 2.